The molecule has 4 nitrogen and oxygen atoms in total. The Morgan fingerprint density at radius 2 is 1.90 bits per heavy atom. The average molecular weight is 306 g/mol. The van der Waals surface area contributed by atoms with Crippen LogP contribution in [-0.2, 0) is 4.79 Å². The third-order valence-electron chi connectivity index (χ3n) is 2.57. The Labute approximate surface area is 118 Å². The van der Waals surface area contributed by atoms with Crippen LogP contribution in [0.3, 0.4) is 0 Å². The molecule has 0 spiro atoms. The van der Waals surface area contributed by atoms with Gasteiger partial charge < -0.3 is 10.2 Å². The van der Waals surface area contributed by atoms with Gasteiger partial charge in [-0.2, -0.15) is 13.2 Å². The van der Waals surface area contributed by atoms with E-state index in [9.17, 15) is 27.2 Å². The van der Waals surface area contributed by atoms with E-state index in [4.69, 9.17) is 0 Å². The zero-order valence-electron chi connectivity index (χ0n) is 11.4. The molecule has 0 unspecified atom stereocenters. The van der Waals surface area contributed by atoms with Crippen LogP contribution >= 0.6 is 0 Å². The van der Waals surface area contributed by atoms with E-state index in [2.05, 4.69) is 0 Å². The van der Waals surface area contributed by atoms with Gasteiger partial charge in [0.2, 0.25) is 5.91 Å². The molecule has 2 amide bonds. The van der Waals surface area contributed by atoms with E-state index >= 15 is 0 Å². The molecule has 8 heteroatoms. The Balaban J connectivity index is 2.64. The number of carbonyl (C=O) groups is 2. The summed E-state index contributed by atoms with van der Waals surface area (Å²) in [7, 11) is 1.20. The summed E-state index contributed by atoms with van der Waals surface area (Å²) >= 11 is 0. The Kier molecular flexibility index (Phi) is 5.28. The third-order valence-corrected chi connectivity index (χ3v) is 2.57. The van der Waals surface area contributed by atoms with E-state index in [1.165, 1.54) is 19.2 Å². The van der Waals surface area contributed by atoms with Crippen molar-refractivity contribution in [3.8, 4) is 0 Å². The third kappa shape index (κ3) is 5.41. The number of likely N-dealkylation sites (N-methyl/N-ethyl adjacent to an activating group) is 1. The zero-order chi connectivity index (χ0) is 16.2. The van der Waals surface area contributed by atoms with Crippen molar-refractivity contribution in [2.24, 2.45) is 0 Å². The second-order valence-electron chi connectivity index (χ2n) is 4.54. The van der Waals surface area contributed by atoms with Crippen molar-refractivity contribution in [3.63, 3.8) is 0 Å². The molecule has 1 rings (SSSR count). The standard InChI is InChI=1S/C13H14F4N2O2/c1-8-3-4-9(10(14)5-8)12(21)19(2)6-11(20)18-7-13(15,16)17/h3-5H,6-7H2,1-2H3,(H,18,20). The van der Waals surface area contributed by atoms with Crippen LogP contribution in [0.25, 0.3) is 0 Å². The van der Waals surface area contributed by atoms with Crippen molar-refractivity contribution in [2.45, 2.75) is 13.1 Å². The lowest BCUT2D eigenvalue weighted by atomic mass is 10.1. The van der Waals surface area contributed by atoms with E-state index < -0.39 is 36.9 Å². The van der Waals surface area contributed by atoms with Crippen LogP contribution in [-0.4, -0.2) is 43.0 Å². The molecule has 0 atom stereocenters. The minimum absolute atomic E-state index is 0.244. The van der Waals surface area contributed by atoms with Gasteiger partial charge in [-0.25, -0.2) is 4.39 Å². The molecule has 116 valence electrons. The number of carbonyl (C=O) groups excluding carboxylic acids is 2. The summed E-state index contributed by atoms with van der Waals surface area (Å²) in [6, 6.07) is 3.94. The summed E-state index contributed by atoms with van der Waals surface area (Å²) in [5, 5.41) is 1.63. The first-order valence-electron chi connectivity index (χ1n) is 5.95. The summed E-state index contributed by atoms with van der Waals surface area (Å²) in [5.41, 5.74) is 0.376. The van der Waals surface area contributed by atoms with Gasteiger partial charge in [0.05, 0.1) is 12.1 Å². The van der Waals surface area contributed by atoms with Crippen LogP contribution in [0.15, 0.2) is 18.2 Å². The van der Waals surface area contributed by atoms with Crippen molar-refractivity contribution in [1.82, 2.24) is 10.2 Å². The van der Waals surface area contributed by atoms with Crippen LogP contribution in [0, 0.1) is 12.7 Å². The van der Waals surface area contributed by atoms with E-state index in [1.807, 2.05) is 0 Å². The maximum atomic E-state index is 13.6. The average Bonchev–Trinajstić information content (AvgIpc) is 2.34. The Bertz CT molecular complexity index is 543. The van der Waals surface area contributed by atoms with Gasteiger partial charge in [-0.05, 0) is 24.6 Å². The molecule has 0 aromatic heterocycles. The smallest absolute Gasteiger partial charge is 0.345 e. The summed E-state index contributed by atoms with van der Waals surface area (Å²) in [6.07, 6.45) is -4.53. The topological polar surface area (TPSA) is 49.4 Å². The van der Waals surface area contributed by atoms with Gasteiger partial charge in [-0.15, -0.1) is 0 Å². The lowest BCUT2D eigenvalue weighted by Gasteiger charge is -2.17. The second kappa shape index (κ2) is 6.55. The molecule has 0 aliphatic rings. The number of nitrogens with one attached hydrogen (secondary N) is 1. The molecule has 0 saturated heterocycles. The predicted molar refractivity (Wildman–Crippen MR) is 67.2 cm³/mol. The van der Waals surface area contributed by atoms with Gasteiger partial charge in [0.1, 0.15) is 12.4 Å². The van der Waals surface area contributed by atoms with Crippen LogP contribution < -0.4 is 5.32 Å². The Morgan fingerprint density at radius 3 is 2.43 bits per heavy atom. The van der Waals surface area contributed by atoms with Crippen molar-refractivity contribution >= 4 is 11.8 Å². The van der Waals surface area contributed by atoms with Crippen LogP contribution in [0.4, 0.5) is 17.6 Å². The van der Waals surface area contributed by atoms with Crippen molar-refractivity contribution in [2.75, 3.05) is 20.1 Å². The fourth-order valence-corrected chi connectivity index (χ4v) is 1.54. The number of rotatable bonds is 4. The van der Waals surface area contributed by atoms with E-state index in [1.54, 1.807) is 12.2 Å². The molecular formula is C13H14F4N2O2. The number of benzene rings is 1. The van der Waals surface area contributed by atoms with Crippen molar-refractivity contribution in [1.29, 1.82) is 0 Å². The molecule has 0 saturated carbocycles. The van der Waals surface area contributed by atoms with Gasteiger partial charge in [0, 0.05) is 7.05 Å². The highest BCUT2D eigenvalue weighted by molar-refractivity contribution is 5.96. The first kappa shape index (κ1) is 16.9. The van der Waals surface area contributed by atoms with Gasteiger partial charge in [-0.3, -0.25) is 9.59 Å². The SMILES string of the molecule is Cc1ccc(C(=O)N(C)CC(=O)NCC(F)(F)F)c(F)c1. The normalized spacial score (nSPS) is 11.1. The van der Waals surface area contributed by atoms with Crippen LogP contribution in [0.2, 0.25) is 0 Å². The number of amides is 2. The number of alkyl halides is 3. The van der Waals surface area contributed by atoms with E-state index in [0.717, 1.165) is 11.0 Å². The lowest BCUT2D eigenvalue weighted by molar-refractivity contribution is -0.138. The maximum Gasteiger partial charge on any atom is 0.405 e. The molecular weight excluding hydrogens is 292 g/mol. The molecule has 1 aromatic rings. The molecule has 0 fully saturated rings. The highest BCUT2D eigenvalue weighted by Crippen LogP contribution is 2.13. The summed E-state index contributed by atoms with van der Waals surface area (Å²) in [4.78, 5) is 24.0. The molecule has 0 bridgehead atoms. The lowest BCUT2D eigenvalue weighted by Crippen LogP contribution is -2.41. The van der Waals surface area contributed by atoms with Gasteiger partial charge >= 0.3 is 6.18 Å². The number of hydrogen-bond donors (Lipinski definition) is 1. The molecule has 21 heavy (non-hydrogen) atoms. The summed E-state index contributed by atoms with van der Waals surface area (Å²) < 4.78 is 49.4. The number of halogens is 4. The minimum atomic E-state index is -4.53. The Morgan fingerprint density at radius 1 is 1.29 bits per heavy atom. The number of nitrogens with zero attached hydrogens (tertiary/aromatic N) is 1. The zero-order valence-corrected chi connectivity index (χ0v) is 11.4. The van der Waals surface area contributed by atoms with Gasteiger partial charge in [0.15, 0.2) is 0 Å². The van der Waals surface area contributed by atoms with E-state index in [0.29, 0.717) is 5.56 Å². The highest BCUT2D eigenvalue weighted by Gasteiger charge is 2.28. The van der Waals surface area contributed by atoms with E-state index in [-0.39, 0.29) is 5.56 Å². The molecule has 0 aliphatic carbocycles. The molecule has 0 radical (unpaired) electrons. The number of hydrogen-bond acceptors (Lipinski definition) is 2. The highest BCUT2D eigenvalue weighted by atomic mass is 19.4. The minimum Gasteiger partial charge on any atom is -0.345 e. The molecule has 1 N–H and O–H groups in total. The Hall–Kier alpha value is -2.12. The van der Waals surface area contributed by atoms with Gasteiger partial charge in [-0.1, -0.05) is 6.07 Å². The fourth-order valence-electron chi connectivity index (χ4n) is 1.54. The van der Waals surface area contributed by atoms with Crippen LogP contribution in [0.1, 0.15) is 15.9 Å². The first-order valence-corrected chi connectivity index (χ1v) is 5.95. The fraction of sp³-hybridized carbons (Fsp3) is 0.385. The first-order chi connectivity index (χ1) is 9.60. The predicted octanol–water partition coefficient (Wildman–Crippen LogP) is 1.88. The number of aryl methyl sites for hydroxylation is 1. The molecule has 0 aliphatic heterocycles. The van der Waals surface area contributed by atoms with Gasteiger partial charge in [0.25, 0.3) is 5.91 Å². The molecule has 1 aromatic carbocycles. The quantitative estimate of drug-likeness (QED) is 0.864. The van der Waals surface area contributed by atoms with Crippen molar-refractivity contribution in [3.05, 3.63) is 35.1 Å². The summed E-state index contributed by atoms with van der Waals surface area (Å²) in [6.45, 7) is -0.430. The monoisotopic (exact) mass is 306 g/mol. The second-order valence-corrected chi connectivity index (χ2v) is 4.54. The van der Waals surface area contributed by atoms with Crippen molar-refractivity contribution < 1.29 is 27.2 Å². The van der Waals surface area contributed by atoms with Crippen LogP contribution in [0.5, 0.6) is 0 Å². The molecule has 0 heterocycles. The maximum absolute atomic E-state index is 13.6. The largest absolute Gasteiger partial charge is 0.405 e. The summed E-state index contributed by atoms with van der Waals surface area (Å²) in [5.74, 6) is -2.51.